The molecule has 2 rings (SSSR count). The van der Waals surface area contributed by atoms with Crippen molar-refractivity contribution in [3.05, 3.63) is 30.2 Å². The summed E-state index contributed by atoms with van der Waals surface area (Å²) in [6, 6.07) is 3.50. The number of carbonyl (C=O) groups excluding carboxylic acids is 1. The predicted octanol–water partition coefficient (Wildman–Crippen LogP) is 2.30. The van der Waals surface area contributed by atoms with Crippen LogP contribution >= 0.6 is 0 Å². The Kier molecular flexibility index (Phi) is 4.98. The van der Waals surface area contributed by atoms with Crippen LogP contribution in [0.15, 0.2) is 28.9 Å². The van der Waals surface area contributed by atoms with E-state index >= 15 is 0 Å². The Balaban J connectivity index is 1.81. The first-order chi connectivity index (χ1) is 9.66. The zero-order chi connectivity index (χ0) is 14.4. The van der Waals surface area contributed by atoms with Gasteiger partial charge in [-0.2, -0.15) is 0 Å². The Morgan fingerprint density at radius 2 is 2.20 bits per heavy atom. The van der Waals surface area contributed by atoms with Gasteiger partial charge in [-0.1, -0.05) is 12.8 Å². The van der Waals surface area contributed by atoms with Crippen molar-refractivity contribution in [3.8, 4) is 0 Å². The number of hydrogen-bond acceptors (Lipinski definition) is 3. The fourth-order valence-corrected chi connectivity index (χ4v) is 2.61. The highest BCUT2D eigenvalue weighted by Crippen LogP contribution is 2.29. The van der Waals surface area contributed by atoms with Gasteiger partial charge in [0, 0.05) is 12.6 Å². The summed E-state index contributed by atoms with van der Waals surface area (Å²) in [6.07, 6.45) is 8.09. The highest BCUT2D eigenvalue weighted by molar-refractivity contribution is 5.91. The lowest BCUT2D eigenvalue weighted by atomic mass is 9.79. The molecule has 1 amide bonds. The zero-order valence-electron chi connectivity index (χ0n) is 11.2. The normalized spacial score (nSPS) is 22.8. The molecule has 2 N–H and O–H groups in total. The summed E-state index contributed by atoms with van der Waals surface area (Å²) in [6.45, 7) is 0.415. The summed E-state index contributed by atoms with van der Waals surface area (Å²) >= 11 is 0. The molecule has 20 heavy (non-hydrogen) atoms. The van der Waals surface area contributed by atoms with Crippen LogP contribution in [0.5, 0.6) is 0 Å². The number of nitrogens with one attached hydrogen (secondary N) is 1. The quantitative estimate of drug-likeness (QED) is 0.809. The predicted molar refractivity (Wildman–Crippen MR) is 73.8 cm³/mol. The maximum Gasteiger partial charge on any atom is 0.306 e. The van der Waals surface area contributed by atoms with E-state index in [1.165, 1.54) is 12.3 Å². The van der Waals surface area contributed by atoms with Crippen molar-refractivity contribution in [2.75, 3.05) is 6.54 Å². The van der Waals surface area contributed by atoms with Crippen LogP contribution in [-0.4, -0.2) is 23.5 Å². The first-order valence-corrected chi connectivity index (χ1v) is 6.89. The number of carbonyl (C=O) groups is 2. The molecule has 2 atom stereocenters. The van der Waals surface area contributed by atoms with E-state index in [-0.39, 0.29) is 17.7 Å². The van der Waals surface area contributed by atoms with Gasteiger partial charge in [-0.25, -0.2) is 0 Å². The van der Waals surface area contributed by atoms with Crippen LogP contribution < -0.4 is 5.32 Å². The van der Waals surface area contributed by atoms with Crippen molar-refractivity contribution in [1.29, 1.82) is 0 Å². The van der Waals surface area contributed by atoms with E-state index in [1.807, 2.05) is 0 Å². The summed E-state index contributed by atoms with van der Waals surface area (Å²) in [5.74, 6) is -0.673. The lowest BCUT2D eigenvalue weighted by Crippen LogP contribution is -2.36. The summed E-state index contributed by atoms with van der Waals surface area (Å²) in [5, 5.41) is 11.9. The maximum absolute atomic E-state index is 11.7. The summed E-state index contributed by atoms with van der Waals surface area (Å²) in [4.78, 5) is 22.8. The van der Waals surface area contributed by atoms with Crippen LogP contribution in [0.25, 0.3) is 6.08 Å². The fourth-order valence-electron chi connectivity index (χ4n) is 2.61. The number of rotatable bonds is 5. The van der Waals surface area contributed by atoms with E-state index < -0.39 is 5.97 Å². The number of furan rings is 1. The molecule has 1 heterocycles. The van der Waals surface area contributed by atoms with Crippen LogP contribution in [0, 0.1) is 11.8 Å². The van der Waals surface area contributed by atoms with Crippen molar-refractivity contribution < 1.29 is 19.1 Å². The second-order valence-electron chi connectivity index (χ2n) is 5.08. The van der Waals surface area contributed by atoms with Crippen LogP contribution in [0.4, 0.5) is 0 Å². The molecule has 1 aliphatic carbocycles. The van der Waals surface area contributed by atoms with E-state index in [9.17, 15) is 9.59 Å². The van der Waals surface area contributed by atoms with Gasteiger partial charge >= 0.3 is 5.97 Å². The molecule has 0 spiro atoms. The summed E-state index contributed by atoms with van der Waals surface area (Å²) < 4.78 is 5.08. The number of aliphatic carboxylic acids is 1. The zero-order valence-corrected chi connectivity index (χ0v) is 11.2. The number of carboxylic acid groups (broad SMARTS) is 1. The molecule has 1 aromatic rings. The van der Waals surface area contributed by atoms with Gasteiger partial charge in [0.05, 0.1) is 12.2 Å². The van der Waals surface area contributed by atoms with E-state index in [0.717, 1.165) is 19.3 Å². The number of hydrogen-bond donors (Lipinski definition) is 2. The van der Waals surface area contributed by atoms with E-state index in [4.69, 9.17) is 9.52 Å². The monoisotopic (exact) mass is 277 g/mol. The van der Waals surface area contributed by atoms with Crippen molar-refractivity contribution in [2.24, 2.45) is 11.8 Å². The second-order valence-corrected chi connectivity index (χ2v) is 5.08. The minimum Gasteiger partial charge on any atom is -0.481 e. The Morgan fingerprint density at radius 3 is 2.90 bits per heavy atom. The van der Waals surface area contributed by atoms with Crippen molar-refractivity contribution in [1.82, 2.24) is 5.32 Å². The third-order valence-electron chi connectivity index (χ3n) is 3.71. The molecule has 0 aromatic carbocycles. The largest absolute Gasteiger partial charge is 0.481 e. The van der Waals surface area contributed by atoms with Gasteiger partial charge in [0.1, 0.15) is 5.76 Å². The molecule has 108 valence electrons. The Labute approximate surface area is 117 Å². The van der Waals surface area contributed by atoms with Gasteiger partial charge in [0.15, 0.2) is 0 Å². The van der Waals surface area contributed by atoms with Gasteiger partial charge in [0.2, 0.25) is 5.91 Å². The molecule has 0 bridgehead atoms. The molecule has 0 saturated heterocycles. The van der Waals surface area contributed by atoms with E-state index in [2.05, 4.69) is 5.32 Å². The standard InChI is InChI=1S/C15H19NO4/c17-14(8-7-12-5-3-9-20-12)16-10-11-4-1-2-6-13(11)15(18)19/h3,5,7-9,11,13H,1-2,4,6,10H2,(H,16,17)(H,18,19). The third kappa shape index (κ3) is 3.98. The summed E-state index contributed by atoms with van der Waals surface area (Å²) in [7, 11) is 0. The molecule has 1 saturated carbocycles. The van der Waals surface area contributed by atoms with E-state index in [0.29, 0.717) is 18.7 Å². The van der Waals surface area contributed by atoms with Crippen molar-refractivity contribution in [3.63, 3.8) is 0 Å². The molecule has 1 fully saturated rings. The van der Waals surface area contributed by atoms with Crippen LogP contribution in [0.3, 0.4) is 0 Å². The lowest BCUT2D eigenvalue weighted by Gasteiger charge is -2.28. The number of amides is 1. The Hall–Kier alpha value is -2.04. The minimum absolute atomic E-state index is 0.0298. The Morgan fingerprint density at radius 1 is 1.40 bits per heavy atom. The average Bonchev–Trinajstić information content (AvgIpc) is 2.96. The molecule has 0 radical (unpaired) electrons. The average molecular weight is 277 g/mol. The highest BCUT2D eigenvalue weighted by Gasteiger charge is 2.30. The van der Waals surface area contributed by atoms with Gasteiger partial charge in [-0.05, 0) is 37.0 Å². The van der Waals surface area contributed by atoms with Gasteiger partial charge in [0.25, 0.3) is 0 Å². The van der Waals surface area contributed by atoms with Crippen molar-refractivity contribution in [2.45, 2.75) is 25.7 Å². The molecule has 5 heteroatoms. The Bertz CT molecular complexity index is 478. The SMILES string of the molecule is O=C(C=Cc1ccco1)NCC1CCCCC1C(=O)O. The van der Waals surface area contributed by atoms with Gasteiger partial charge in [-0.3, -0.25) is 9.59 Å². The smallest absolute Gasteiger partial charge is 0.306 e. The minimum atomic E-state index is -0.755. The van der Waals surface area contributed by atoms with E-state index in [1.54, 1.807) is 18.2 Å². The van der Waals surface area contributed by atoms with Crippen LogP contribution in [-0.2, 0) is 9.59 Å². The first kappa shape index (κ1) is 14.4. The second kappa shape index (κ2) is 6.93. The summed E-state index contributed by atoms with van der Waals surface area (Å²) in [5.41, 5.74) is 0. The first-order valence-electron chi connectivity index (χ1n) is 6.89. The lowest BCUT2D eigenvalue weighted by molar-refractivity contribution is -0.145. The molecule has 5 nitrogen and oxygen atoms in total. The maximum atomic E-state index is 11.7. The fraction of sp³-hybridized carbons (Fsp3) is 0.467. The third-order valence-corrected chi connectivity index (χ3v) is 3.71. The molecular weight excluding hydrogens is 258 g/mol. The molecule has 1 aromatic heterocycles. The van der Waals surface area contributed by atoms with Gasteiger partial charge < -0.3 is 14.8 Å². The highest BCUT2D eigenvalue weighted by atomic mass is 16.4. The molecule has 2 unspecified atom stereocenters. The topological polar surface area (TPSA) is 79.5 Å². The number of carboxylic acids is 1. The molecule has 1 aliphatic rings. The van der Waals surface area contributed by atoms with Crippen LogP contribution in [0.1, 0.15) is 31.4 Å². The van der Waals surface area contributed by atoms with Crippen molar-refractivity contribution >= 4 is 18.0 Å². The van der Waals surface area contributed by atoms with Gasteiger partial charge in [-0.15, -0.1) is 0 Å². The molecule has 0 aliphatic heterocycles. The molecular formula is C15H19NO4. The van der Waals surface area contributed by atoms with Crippen LogP contribution in [0.2, 0.25) is 0 Å².